The summed E-state index contributed by atoms with van der Waals surface area (Å²) in [5.74, 6) is 0.0609. The highest BCUT2D eigenvalue weighted by atomic mass is 32.1. The fraction of sp³-hybridized carbons (Fsp3) is 0.600. The molecule has 0 atom stereocenters. The fourth-order valence-corrected chi connectivity index (χ4v) is 1.65. The van der Waals surface area contributed by atoms with Crippen molar-refractivity contribution < 1.29 is 4.79 Å². The van der Waals surface area contributed by atoms with Crippen LogP contribution in [-0.4, -0.2) is 21.5 Å². The molecule has 2 N–H and O–H groups in total. The van der Waals surface area contributed by atoms with E-state index in [2.05, 4.69) is 10.3 Å². The van der Waals surface area contributed by atoms with Crippen LogP contribution in [0.5, 0.6) is 0 Å². The maximum absolute atomic E-state index is 11.4. The molecule has 0 spiro atoms. The first-order valence-corrected chi connectivity index (χ1v) is 5.45. The molecule has 1 aromatic heterocycles. The fourth-order valence-electron chi connectivity index (χ4n) is 1.35. The third-order valence-electron chi connectivity index (χ3n) is 1.94. The van der Waals surface area contributed by atoms with Crippen molar-refractivity contribution in [3.63, 3.8) is 0 Å². The zero-order valence-electron chi connectivity index (χ0n) is 9.33. The molecule has 1 aromatic rings. The van der Waals surface area contributed by atoms with E-state index in [1.54, 1.807) is 0 Å². The highest BCUT2D eigenvalue weighted by molar-refractivity contribution is 7.71. The molecule has 1 amide bonds. The van der Waals surface area contributed by atoms with Crippen molar-refractivity contribution in [3.05, 3.63) is 16.7 Å². The maximum Gasteiger partial charge on any atom is 0.221 e. The van der Waals surface area contributed by atoms with E-state index in [0.717, 1.165) is 5.69 Å². The number of nitrogens with one attached hydrogen (secondary N) is 2. The predicted molar refractivity (Wildman–Crippen MR) is 62.2 cm³/mol. The normalized spacial score (nSPS) is 10.7. The Balaban J connectivity index is 2.47. The largest absolute Gasteiger partial charge is 0.354 e. The molecule has 0 aromatic carbocycles. The lowest BCUT2D eigenvalue weighted by Gasteiger charge is -2.08. The van der Waals surface area contributed by atoms with Gasteiger partial charge in [0.05, 0.1) is 0 Å². The number of hydrogen-bond acceptors (Lipinski definition) is 2. The Kier molecular flexibility index (Phi) is 4.08. The number of rotatable bonds is 4. The zero-order valence-corrected chi connectivity index (χ0v) is 10.1. The van der Waals surface area contributed by atoms with E-state index < -0.39 is 0 Å². The van der Waals surface area contributed by atoms with Crippen LogP contribution < -0.4 is 5.32 Å². The first-order valence-electron chi connectivity index (χ1n) is 5.04. The number of nitrogens with zero attached hydrogens (tertiary/aromatic N) is 1. The van der Waals surface area contributed by atoms with E-state index in [1.807, 2.05) is 31.5 Å². The molecule has 84 valence electrons. The molecule has 0 radical (unpaired) electrons. The van der Waals surface area contributed by atoms with E-state index in [0.29, 0.717) is 17.7 Å². The first kappa shape index (κ1) is 12.0. The summed E-state index contributed by atoms with van der Waals surface area (Å²) in [5, 5.41) is 2.84. The number of carbonyl (C=O) groups excluding carboxylic acids is 1. The van der Waals surface area contributed by atoms with Gasteiger partial charge in [0.1, 0.15) is 0 Å². The number of imidazole rings is 1. The molecular formula is C10H17N3OS. The Morgan fingerprint density at radius 2 is 2.33 bits per heavy atom. The number of aromatic nitrogens is 2. The van der Waals surface area contributed by atoms with E-state index >= 15 is 0 Å². The minimum atomic E-state index is 0.0609. The maximum atomic E-state index is 11.4. The monoisotopic (exact) mass is 227 g/mol. The van der Waals surface area contributed by atoms with Crippen LogP contribution in [-0.2, 0) is 11.3 Å². The first-order chi connectivity index (χ1) is 6.99. The van der Waals surface area contributed by atoms with E-state index in [4.69, 9.17) is 12.2 Å². The second-order valence-electron chi connectivity index (χ2n) is 3.91. The van der Waals surface area contributed by atoms with Gasteiger partial charge < -0.3 is 14.9 Å². The smallest absolute Gasteiger partial charge is 0.221 e. The van der Waals surface area contributed by atoms with Gasteiger partial charge >= 0.3 is 0 Å². The average Bonchev–Trinajstić information content (AvgIpc) is 2.40. The summed E-state index contributed by atoms with van der Waals surface area (Å²) < 4.78 is 2.55. The summed E-state index contributed by atoms with van der Waals surface area (Å²) in [5.41, 5.74) is 1.02. The average molecular weight is 227 g/mol. The van der Waals surface area contributed by atoms with Crippen LogP contribution in [0.25, 0.3) is 0 Å². The molecule has 4 nitrogen and oxygen atoms in total. The van der Waals surface area contributed by atoms with Gasteiger partial charge in [-0.1, -0.05) is 0 Å². The van der Waals surface area contributed by atoms with E-state index in [-0.39, 0.29) is 11.9 Å². The number of carbonyl (C=O) groups is 1. The minimum Gasteiger partial charge on any atom is -0.354 e. The van der Waals surface area contributed by atoms with Crippen LogP contribution in [0.4, 0.5) is 0 Å². The molecule has 0 saturated carbocycles. The Labute approximate surface area is 94.7 Å². The molecule has 15 heavy (non-hydrogen) atoms. The summed E-state index contributed by atoms with van der Waals surface area (Å²) in [4.78, 5) is 14.4. The van der Waals surface area contributed by atoms with Crippen molar-refractivity contribution in [1.82, 2.24) is 14.9 Å². The van der Waals surface area contributed by atoms with Crippen molar-refractivity contribution in [2.75, 3.05) is 0 Å². The summed E-state index contributed by atoms with van der Waals surface area (Å²) >= 11 is 5.09. The van der Waals surface area contributed by atoms with Crippen molar-refractivity contribution in [2.45, 2.75) is 39.8 Å². The quantitative estimate of drug-likeness (QED) is 0.770. The van der Waals surface area contributed by atoms with Crippen LogP contribution in [0.1, 0.15) is 26.0 Å². The van der Waals surface area contributed by atoms with Gasteiger partial charge in [-0.05, 0) is 33.0 Å². The molecule has 0 aliphatic heterocycles. The predicted octanol–water partition coefficient (Wildman–Crippen LogP) is 1.77. The second kappa shape index (κ2) is 5.11. The molecule has 1 rings (SSSR count). The van der Waals surface area contributed by atoms with Gasteiger partial charge in [0.2, 0.25) is 5.91 Å². The highest BCUT2D eigenvalue weighted by Crippen LogP contribution is 1.99. The van der Waals surface area contributed by atoms with Gasteiger partial charge in [0.25, 0.3) is 0 Å². The lowest BCUT2D eigenvalue weighted by Crippen LogP contribution is -2.30. The molecule has 0 unspecified atom stereocenters. The van der Waals surface area contributed by atoms with Crippen LogP contribution >= 0.6 is 12.2 Å². The van der Waals surface area contributed by atoms with Crippen molar-refractivity contribution in [2.24, 2.45) is 0 Å². The van der Waals surface area contributed by atoms with E-state index in [9.17, 15) is 4.79 Å². The van der Waals surface area contributed by atoms with Crippen LogP contribution in [0.15, 0.2) is 6.20 Å². The lowest BCUT2D eigenvalue weighted by molar-refractivity contribution is -0.121. The van der Waals surface area contributed by atoms with Gasteiger partial charge in [0.15, 0.2) is 4.77 Å². The molecule has 1 heterocycles. The Bertz CT molecular complexity index is 392. The summed E-state index contributed by atoms with van der Waals surface area (Å²) in [6, 6.07) is 0.193. The second-order valence-corrected chi connectivity index (χ2v) is 4.29. The van der Waals surface area contributed by atoms with Crippen molar-refractivity contribution >= 4 is 18.1 Å². The molecule has 0 fully saturated rings. The summed E-state index contributed by atoms with van der Waals surface area (Å²) in [6.45, 7) is 6.47. The van der Waals surface area contributed by atoms with Crippen molar-refractivity contribution in [1.29, 1.82) is 0 Å². The number of aromatic amines is 1. The van der Waals surface area contributed by atoms with Gasteiger partial charge in [-0.2, -0.15) is 0 Å². The van der Waals surface area contributed by atoms with Gasteiger partial charge in [-0.15, -0.1) is 0 Å². The third-order valence-corrected chi connectivity index (χ3v) is 2.28. The zero-order chi connectivity index (χ0) is 11.4. The molecule has 0 bridgehead atoms. The molecule has 0 aliphatic carbocycles. The number of aryl methyl sites for hydroxylation is 2. The van der Waals surface area contributed by atoms with E-state index in [1.165, 1.54) is 0 Å². The third kappa shape index (κ3) is 3.87. The van der Waals surface area contributed by atoms with Crippen LogP contribution in [0.3, 0.4) is 0 Å². The van der Waals surface area contributed by atoms with Crippen LogP contribution in [0.2, 0.25) is 0 Å². The lowest BCUT2D eigenvalue weighted by atomic mass is 10.3. The topological polar surface area (TPSA) is 49.8 Å². The summed E-state index contributed by atoms with van der Waals surface area (Å²) in [6.07, 6.45) is 2.38. The number of hydrogen-bond donors (Lipinski definition) is 2. The van der Waals surface area contributed by atoms with Gasteiger partial charge in [-0.25, -0.2) is 0 Å². The standard InChI is InChI=1S/C10H17N3OS/c1-7(2)11-9(14)4-5-13-6-8(3)12-10(13)15/h6-7H,4-5H2,1-3H3,(H,11,14)(H,12,15). The molecule has 5 heteroatoms. The molecule has 0 aliphatic rings. The summed E-state index contributed by atoms with van der Waals surface area (Å²) in [7, 11) is 0. The molecular weight excluding hydrogens is 210 g/mol. The number of H-pyrrole nitrogens is 1. The molecule has 0 saturated heterocycles. The Hall–Kier alpha value is -1.10. The SMILES string of the molecule is Cc1cn(CCC(=O)NC(C)C)c(=S)[nH]1. The number of amides is 1. The Morgan fingerprint density at radius 3 is 2.80 bits per heavy atom. The minimum absolute atomic E-state index is 0.0609. The Morgan fingerprint density at radius 1 is 1.67 bits per heavy atom. The van der Waals surface area contributed by atoms with Gasteiger partial charge in [-0.3, -0.25) is 4.79 Å². The highest BCUT2D eigenvalue weighted by Gasteiger charge is 2.04. The van der Waals surface area contributed by atoms with Crippen molar-refractivity contribution in [3.8, 4) is 0 Å². The van der Waals surface area contributed by atoms with Crippen LogP contribution in [0, 0.1) is 11.7 Å². The van der Waals surface area contributed by atoms with Gasteiger partial charge in [0, 0.05) is 30.9 Å².